The van der Waals surface area contributed by atoms with Crippen LogP contribution in [-0.2, 0) is 0 Å². The van der Waals surface area contributed by atoms with Crippen molar-refractivity contribution in [2.24, 2.45) is 0 Å². The number of rotatable bonds is 5. The van der Waals surface area contributed by atoms with Crippen molar-refractivity contribution in [1.82, 2.24) is 9.88 Å². The Bertz CT molecular complexity index is 437. The normalized spacial score (nSPS) is 14.6. The second-order valence-corrected chi connectivity index (χ2v) is 4.26. The molecule has 1 aliphatic carbocycles. The molecule has 0 aromatic carbocycles. The summed E-state index contributed by atoms with van der Waals surface area (Å²) in [6, 6.07) is 6.00. The van der Waals surface area contributed by atoms with Crippen molar-refractivity contribution in [3.63, 3.8) is 0 Å². The Morgan fingerprint density at radius 1 is 1.59 bits per heavy atom. The number of nitrogens with zero attached hydrogens (tertiary/aromatic N) is 3. The molecule has 17 heavy (non-hydrogen) atoms. The second kappa shape index (κ2) is 5.02. The van der Waals surface area contributed by atoms with Crippen molar-refractivity contribution in [3.8, 4) is 11.9 Å². The van der Waals surface area contributed by atoms with Crippen LogP contribution in [0.1, 0.15) is 18.5 Å². The summed E-state index contributed by atoms with van der Waals surface area (Å²) < 4.78 is 5.49. The molecule has 0 saturated heterocycles. The average Bonchev–Trinajstić information content (AvgIpc) is 3.15. The van der Waals surface area contributed by atoms with Crippen molar-refractivity contribution < 1.29 is 4.74 Å². The van der Waals surface area contributed by atoms with Gasteiger partial charge in [0.15, 0.2) is 5.69 Å². The number of likely N-dealkylation sites (N-methyl/N-ethyl adjacent to an activating group) is 1. The summed E-state index contributed by atoms with van der Waals surface area (Å²) in [5.74, 6) is 0.458. The van der Waals surface area contributed by atoms with Crippen molar-refractivity contribution in [1.29, 1.82) is 5.26 Å². The fourth-order valence-corrected chi connectivity index (χ4v) is 1.61. The third-order valence-corrected chi connectivity index (χ3v) is 2.87. The minimum absolute atomic E-state index is 0.220. The molecule has 0 spiro atoms. The molecule has 0 radical (unpaired) electrons. The van der Waals surface area contributed by atoms with Gasteiger partial charge in [-0.15, -0.1) is 0 Å². The van der Waals surface area contributed by atoms with Gasteiger partial charge < -0.3 is 15.4 Å². The van der Waals surface area contributed by atoms with Gasteiger partial charge in [0.25, 0.3) is 0 Å². The SMILES string of the molecule is CN(CCOc1ccc(N)c(C#N)n1)C1CC1. The van der Waals surface area contributed by atoms with E-state index in [2.05, 4.69) is 16.9 Å². The lowest BCUT2D eigenvalue weighted by molar-refractivity contribution is 0.226. The van der Waals surface area contributed by atoms with E-state index in [0.717, 1.165) is 12.6 Å². The highest BCUT2D eigenvalue weighted by atomic mass is 16.5. The quantitative estimate of drug-likeness (QED) is 0.820. The Morgan fingerprint density at radius 2 is 2.35 bits per heavy atom. The van der Waals surface area contributed by atoms with Gasteiger partial charge in [-0.2, -0.15) is 5.26 Å². The van der Waals surface area contributed by atoms with E-state index in [0.29, 0.717) is 18.2 Å². The van der Waals surface area contributed by atoms with Crippen LogP contribution in [0.15, 0.2) is 12.1 Å². The fraction of sp³-hybridized carbons (Fsp3) is 0.500. The first-order chi connectivity index (χ1) is 8.20. The van der Waals surface area contributed by atoms with Crippen molar-refractivity contribution in [3.05, 3.63) is 17.8 Å². The predicted molar refractivity (Wildman–Crippen MR) is 64.5 cm³/mol. The Hall–Kier alpha value is -1.80. The maximum Gasteiger partial charge on any atom is 0.214 e. The first kappa shape index (κ1) is 11.7. The van der Waals surface area contributed by atoms with Gasteiger partial charge in [-0.1, -0.05) is 0 Å². The number of hydrogen-bond acceptors (Lipinski definition) is 5. The minimum atomic E-state index is 0.220. The van der Waals surface area contributed by atoms with Gasteiger partial charge in [0.05, 0.1) is 5.69 Å². The van der Waals surface area contributed by atoms with E-state index >= 15 is 0 Å². The molecule has 0 amide bonds. The zero-order chi connectivity index (χ0) is 12.3. The highest BCUT2D eigenvalue weighted by Crippen LogP contribution is 2.24. The topological polar surface area (TPSA) is 75.2 Å². The van der Waals surface area contributed by atoms with Crippen LogP contribution in [0.25, 0.3) is 0 Å². The summed E-state index contributed by atoms with van der Waals surface area (Å²) in [5, 5.41) is 8.78. The maximum atomic E-state index is 8.78. The Morgan fingerprint density at radius 3 is 3.00 bits per heavy atom. The molecule has 0 atom stereocenters. The number of aromatic nitrogens is 1. The summed E-state index contributed by atoms with van der Waals surface area (Å²) in [4.78, 5) is 6.30. The Balaban J connectivity index is 1.84. The third kappa shape index (κ3) is 3.08. The molecule has 2 N–H and O–H groups in total. The van der Waals surface area contributed by atoms with Crippen LogP contribution in [-0.4, -0.2) is 36.1 Å². The van der Waals surface area contributed by atoms with Crippen LogP contribution in [0.4, 0.5) is 5.69 Å². The maximum absolute atomic E-state index is 8.78. The van der Waals surface area contributed by atoms with E-state index in [1.54, 1.807) is 12.1 Å². The summed E-state index contributed by atoms with van der Waals surface area (Å²) in [6.45, 7) is 1.45. The van der Waals surface area contributed by atoms with E-state index in [9.17, 15) is 0 Å². The second-order valence-electron chi connectivity index (χ2n) is 4.26. The average molecular weight is 232 g/mol. The summed E-state index contributed by atoms with van der Waals surface area (Å²) >= 11 is 0. The van der Waals surface area contributed by atoms with E-state index in [-0.39, 0.29) is 5.69 Å². The van der Waals surface area contributed by atoms with Crippen LogP contribution < -0.4 is 10.5 Å². The standard InChI is InChI=1S/C12H16N4O/c1-16(9-2-3-9)6-7-17-12-5-4-10(14)11(8-13)15-12/h4-5,9H,2-3,6-7,14H2,1H3. The fourth-order valence-electron chi connectivity index (χ4n) is 1.61. The highest BCUT2D eigenvalue weighted by molar-refractivity contribution is 5.50. The zero-order valence-electron chi connectivity index (χ0n) is 9.89. The van der Waals surface area contributed by atoms with E-state index in [4.69, 9.17) is 15.7 Å². The minimum Gasteiger partial charge on any atom is -0.476 e. The predicted octanol–water partition coefficient (Wildman–Crippen LogP) is 1.01. The number of anilines is 1. The molecule has 5 nitrogen and oxygen atoms in total. The van der Waals surface area contributed by atoms with Crippen molar-refractivity contribution in [2.75, 3.05) is 25.9 Å². The Kier molecular flexibility index (Phi) is 3.45. The number of hydrogen-bond donors (Lipinski definition) is 1. The first-order valence-electron chi connectivity index (χ1n) is 5.70. The van der Waals surface area contributed by atoms with E-state index < -0.39 is 0 Å². The van der Waals surface area contributed by atoms with Crippen LogP contribution in [0.2, 0.25) is 0 Å². The van der Waals surface area contributed by atoms with Crippen LogP contribution in [0.5, 0.6) is 5.88 Å². The zero-order valence-corrected chi connectivity index (χ0v) is 9.89. The summed E-state index contributed by atoms with van der Waals surface area (Å²) in [7, 11) is 2.10. The molecule has 5 heteroatoms. The van der Waals surface area contributed by atoms with Crippen molar-refractivity contribution in [2.45, 2.75) is 18.9 Å². The molecule has 0 bridgehead atoms. The van der Waals surface area contributed by atoms with Gasteiger partial charge in [0.2, 0.25) is 5.88 Å². The lowest BCUT2D eigenvalue weighted by atomic mass is 10.3. The van der Waals surface area contributed by atoms with Crippen LogP contribution >= 0.6 is 0 Å². The molecule has 0 aliphatic heterocycles. The van der Waals surface area contributed by atoms with Gasteiger partial charge in [-0.25, -0.2) is 4.98 Å². The Labute approximate surface area is 101 Å². The van der Waals surface area contributed by atoms with Gasteiger partial charge >= 0.3 is 0 Å². The first-order valence-corrected chi connectivity index (χ1v) is 5.70. The van der Waals surface area contributed by atoms with E-state index in [1.807, 2.05) is 6.07 Å². The molecule has 1 saturated carbocycles. The molecular formula is C12H16N4O. The van der Waals surface area contributed by atoms with Gasteiger partial charge in [0.1, 0.15) is 12.7 Å². The van der Waals surface area contributed by atoms with Gasteiger partial charge in [-0.3, -0.25) is 0 Å². The molecule has 1 aliphatic rings. The van der Waals surface area contributed by atoms with Crippen LogP contribution in [0.3, 0.4) is 0 Å². The lowest BCUT2D eigenvalue weighted by Gasteiger charge is -2.15. The number of nitrogens with two attached hydrogens (primary N) is 1. The molecule has 90 valence electrons. The molecule has 1 aromatic rings. The summed E-state index contributed by atoms with van der Waals surface area (Å²) in [6.07, 6.45) is 2.57. The lowest BCUT2D eigenvalue weighted by Crippen LogP contribution is -2.26. The van der Waals surface area contributed by atoms with Crippen molar-refractivity contribution >= 4 is 5.69 Å². The third-order valence-electron chi connectivity index (χ3n) is 2.87. The molecule has 1 heterocycles. The monoisotopic (exact) mass is 232 g/mol. The van der Waals surface area contributed by atoms with E-state index in [1.165, 1.54) is 12.8 Å². The molecule has 1 aromatic heterocycles. The number of ether oxygens (including phenoxy) is 1. The highest BCUT2D eigenvalue weighted by Gasteiger charge is 2.25. The number of nitriles is 1. The smallest absolute Gasteiger partial charge is 0.214 e. The number of nitrogen functional groups attached to an aromatic ring is 1. The summed E-state index contributed by atoms with van der Waals surface area (Å²) in [5.41, 5.74) is 6.18. The van der Waals surface area contributed by atoms with Gasteiger partial charge in [0, 0.05) is 18.7 Å². The molecule has 2 rings (SSSR count). The molecule has 0 unspecified atom stereocenters. The van der Waals surface area contributed by atoms with Crippen LogP contribution in [0, 0.1) is 11.3 Å². The molecule has 1 fully saturated rings. The van der Waals surface area contributed by atoms with Gasteiger partial charge in [-0.05, 0) is 26.0 Å². The largest absolute Gasteiger partial charge is 0.476 e. The number of pyridine rings is 1. The molecular weight excluding hydrogens is 216 g/mol.